The highest BCUT2D eigenvalue weighted by atomic mass is 16.2. The molecule has 1 fully saturated rings. The van der Waals surface area contributed by atoms with Crippen molar-refractivity contribution < 1.29 is 9.59 Å². The summed E-state index contributed by atoms with van der Waals surface area (Å²) in [5, 5.41) is 7.97. The van der Waals surface area contributed by atoms with Crippen LogP contribution in [0.2, 0.25) is 0 Å². The minimum absolute atomic E-state index is 0.0394. The van der Waals surface area contributed by atoms with Crippen LogP contribution in [0.15, 0.2) is 54.7 Å². The van der Waals surface area contributed by atoms with Gasteiger partial charge in [0, 0.05) is 32.4 Å². The normalized spacial score (nSPS) is 16.7. The molecule has 7 heteroatoms. The van der Waals surface area contributed by atoms with Gasteiger partial charge in [-0.25, -0.2) is 4.68 Å². The van der Waals surface area contributed by atoms with E-state index in [1.165, 1.54) is 5.56 Å². The van der Waals surface area contributed by atoms with E-state index in [1.54, 1.807) is 10.9 Å². The molecule has 1 aromatic heterocycles. The van der Waals surface area contributed by atoms with Crippen molar-refractivity contribution in [2.24, 2.45) is 5.92 Å². The molecule has 0 unspecified atom stereocenters. The van der Waals surface area contributed by atoms with Crippen molar-refractivity contribution in [1.29, 1.82) is 0 Å². The predicted molar refractivity (Wildman–Crippen MR) is 127 cm³/mol. The standard InChI is InChI=1S/C26H31N5O2/c1-4-29-13-14-30(25(32)18-31-16-20(3)27-28-31)17-23(26(29)33)15-22-7-5-6-8-24(22)21-11-9-19(2)10-12-21/h5-12,16,23H,4,13-15,17-18H2,1-3H3/t23-/m1/s1. The van der Waals surface area contributed by atoms with Gasteiger partial charge in [0.25, 0.3) is 0 Å². The lowest BCUT2D eigenvalue weighted by Crippen LogP contribution is -2.39. The van der Waals surface area contributed by atoms with Crippen LogP contribution in [0.5, 0.6) is 0 Å². The van der Waals surface area contributed by atoms with Crippen LogP contribution in [0.4, 0.5) is 0 Å². The molecular formula is C26H31N5O2. The molecule has 1 atom stereocenters. The van der Waals surface area contributed by atoms with Gasteiger partial charge in [0.05, 0.1) is 11.6 Å². The summed E-state index contributed by atoms with van der Waals surface area (Å²) in [6.07, 6.45) is 2.35. The van der Waals surface area contributed by atoms with Gasteiger partial charge in [-0.05, 0) is 43.9 Å². The number of hydrogen-bond donors (Lipinski definition) is 0. The van der Waals surface area contributed by atoms with Crippen molar-refractivity contribution in [2.75, 3.05) is 26.2 Å². The van der Waals surface area contributed by atoms with E-state index in [0.29, 0.717) is 32.6 Å². The van der Waals surface area contributed by atoms with Gasteiger partial charge < -0.3 is 9.80 Å². The molecule has 33 heavy (non-hydrogen) atoms. The maximum absolute atomic E-state index is 13.4. The molecule has 172 valence electrons. The number of rotatable bonds is 6. The second-order valence-corrected chi connectivity index (χ2v) is 8.74. The Labute approximate surface area is 195 Å². The molecule has 4 rings (SSSR count). The molecule has 0 bridgehead atoms. The number of carbonyl (C=O) groups is 2. The van der Waals surface area contributed by atoms with E-state index in [2.05, 4.69) is 53.6 Å². The molecule has 0 saturated carbocycles. The van der Waals surface area contributed by atoms with Crippen molar-refractivity contribution in [3.63, 3.8) is 0 Å². The number of aromatic nitrogens is 3. The molecule has 2 amide bonds. The van der Waals surface area contributed by atoms with Gasteiger partial charge in [-0.3, -0.25) is 9.59 Å². The molecular weight excluding hydrogens is 414 g/mol. The summed E-state index contributed by atoms with van der Waals surface area (Å²) < 4.78 is 1.56. The van der Waals surface area contributed by atoms with Crippen molar-refractivity contribution in [2.45, 2.75) is 33.7 Å². The number of amides is 2. The number of likely N-dealkylation sites (N-methyl/N-ethyl adjacent to an activating group) is 1. The fourth-order valence-corrected chi connectivity index (χ4v) is 4.43. The Morgan fingerprint density at radius 3 is 2.52 bits per heavy atom. The van der Waals surface area contributed by atoms with Gasteiger partial charge in [0.2, 0.25) is 11.8 Å². The highest BCUT2D eigenvalue weighted by molar-refractivity contribution is 5.82. The summed E-state index contributed by atoms with van der Waals surface area (Å²) in [4.78, 5) is 30.1. The van der Waals surface area contributed by atoms with Crippen LogP contribution in [0.1, 0.15) is 23.7 Å². The van der Waals surface area contributed by atoms with E-state index in [9.17, 15) is 9.59 Å². The lowest BCUT2D eigenvalue weighted by atomic mass is 9.91. The second-order valence-electron chi connectivity index (χ2n) is 8.74. The first kappa shape index (κ1) is 22.7. The molecule has 2 aromatic carbocycles. The molecule has 1 saturated heterocycles. The summed E-state index contributed by atoms with van der Waals surface area (Å²) in [6, 6.07) is 16.7. The van der Waals surface area contributed by atoms with E-state index in [-0.39, 0.29) is 24.3 Å². The Hall–Kier alpha value is -3.48. The SMILES string of the molecule is CCN1CCN(C(=O)Cn2cc(C)nn2)C[C@@H](Cc2ccccc2-c2ccc(C)cc2)C1=O. The highest BCUT2D eigenvalue weighted by Crippen LogP contribution is 2.27. The van der Waals surface area contributed by atoms with E-state index in [4.69, 9.17) is 0 Å². The maximum atomic E-state index is 13.4. The smallest absolute Gasteiger partial charge is 0.244 e. The molecule has 1 aliphatic heterocycles. The minimum atomic E-state index is -0.291. The molecule has 0 aliphatic carbocycles. The van der Waals surface area contributed by atoms with E-state index >= 15 is 0 Å². The summed E-state index contributed by atoms with van der Waals surface area (Å²) >= 11 is 0. The van der Waals surface area contributed by atoms with Gasteiger partial charge in [0.1, 0.15) is 6.54 Å². The lowest BCUT2D eigenvalue weighted by Gasteiger charge is -2.24. The third-order valence-corrected chi connectivity index (χ3v) is 6.27. The van der Waals surface area contributed by atoms with Crippen molar-refractivity contribution in [1.82, 2.24) is 24.8 Å². The van der Waals surface area contributed by atoms with Crippen LogP contribution in [-0.4, -0.2) is 62.8 Å². The molecule has 3 aromatic rings. The highest BCUT2D eigenvalue weighted by Gasteiger charge is 2.32. The third kappa shape index (κ3) is 5.30. The summed E-state index contributed by atoms with van der Waals surface area (Å²) in [7, 11) is 0. The van der Waals surface area contributed by atoms with Gasteiger partial charge in [-0.15, -0.1) is 5.10 Å². The van der Waals surface area contributed by atoms with Crippen molar-refractivity contribution in [3.8, 4) is 11.1 Å². The predicted octanol–water partition coefficient (Wildman–Crippen LogP) is 3.11. The van der Waals surface area contributed by atoms with Crippen molar-refractivity contribution >= 4 is 11.8 Å². The molecule has 0 N–H and O–H groups in total. The van der Waals surface area contributed by atoms with E-state index in [1.807, 2.05) is 35.8 Å². The number of aryl methyl sites for hydroxylation is 2. The fraction of sp³-hybridized carbons (Fsp3) is 0.385. The lowest BCUT2D eigenvalue weighted by molar-refractivity contribution is -0.135. The van der Waals surface area contributed by atoms with Crippen molar-refractivity contribution in [3.05, 3.63) is 71.5 Å². The first-order valence-electron chi connectivity index (χ1n) is 11.5. The van der Waals surface area contributed by atoms with Crippen LogP contribution in [-0.2, 0) is 22.6 Å². The number of nitrogens with zero attached hydrogens (tertiary/aromatic N) is 5. The zero-order chi connectivity index (χ0) is 23.4. The Morgan fingerprint density at radius 1 is 1.06 bits per heavy atom. The van der Waals surface area contributed by atoms with Gasteiger partial charge in [-0.2, -0.15) is 0 Å². The van der Waals surface area contributed by atoms with E-state index in [0.717, 1.165) is 22.4 Å². The molecule has 0 spiro atoms. The van der Waals surface area contributed by atoms with Crippen LogP contribution < -0.4 is 0 Å². The Morgan fingerprint density at radius 2 is 1.82 bits per heavy atom. The summed E-state index contributed by atoms with van der Waals surface area (Å²) in [5.74, 6) is -0.217. The van der Waals surface area contributed by atoms with Crippen LogP contribution in [0.3, 0.4) is 0 Å². The van der Waals surface area contributed by atoms with Crippen LogP contribution >= 0.6 is 0 Å². The number of carbonyl (C=O) groups excluding carboxylic acids is 2. The number of benzene rings is 2. The zero-order valence-electron chi connectivity index (χ0n) is 19.6. The topological polar surface area (TPSA) is 71.3 Å². The minimum Gasteiger partial charge on any atom is -0.341 e. The van der Waals surface area contributed by atoms with Crippen LogP contribution in [0, 0.1) is 19.8 Å². The second kappa shape index (κ2) is 9.98. The van der Waals surface area contributed by atoms with Crippen LogP contribution in [0.25, 0.3) is 11.1 Å². The average molecular weight is 446 g/mol. The molecule has 0 radical (unpaired) electrons. The Balaban J connectivity index is 1.58. The largest absolute Gasteiger partial charge is 0.341 e. The summed E-state index contributed by atoms with van der Waals surface area (Å²) in [6.45, 7) is 8.17. The average Bonchev–Trinajstić information content (AvgIpc) is 3.15. The monoisotopic (exact) mass is 445 g/mol. The first-order chi connectivity index (χ1) is 15.9. The maximum Gasteiger partial charge on any atom is 0.244 e. The number of hydrogen-bond acceptors (Lipinski definition) is 4. The van der Waals surface area contributed by atoms with Gasteiger partial charge in [-0.1, -0.05) is 59.3 Å². The zero-order valence-corrected chi connectivity index (χ0v) is 19.6. The Bertz CT molecular complexity index is 1120. The first-order valence-corrected chi connectivity index (χ1v) is 11.5. The fourth-order valence-electron chi connectivity index (χ4n) is 4.43. The molecule has 2 heterocycles. The van der Waals surface area contributed by atoms with Gasteiger partial charge in [0.15, 0.2) is 0 Å². The van der Waals surface area contributed by atoms with Gasteiger partial charge >= 0.3 is 0 Å². The Kier molecular flexibility index (Phi) is 6.87. The summed E-state index contributed by atoms with van der Waals surface area (Å²) in [5.41, 5.74) is 5.38. The van der Waals surface area contributed by atoms with E-state index < -0.39 is 0 Å². The quantitative estimate of drug-likeness (QED) is 0.585. The molecule has 1 aliphatic rings. The molecule has 7 nitrogen and oxygen atoms in total. The third-order valence-electron chi connectivity index (χ3n) is 6.27.